The molecule has 0 heterocycles. The molecular weight excluding hydrogens is 413 g/mol. The number of benzene rings is 1. The highest BCUT2D eigenvalue weighted by Crippen LogP contribution is 2.61. The van der Waals surface area contributed by atoms with Crippen LogP contribution < -0.4 is 0 Å². The summed E-state index contributed by atoms with van der Waals surface area (Å²) in [7, 11) is -3.45. The summed E-state index contributed by atoms with van der Waals surface area (Å²) >= 11 is 9.95. The molecule has 0 amide bonds. The summed E-state index contributed by atoms with van der Waals surface area (Å²) in [6, 6.07) is 7.50. The summed E-state index contributed by atoms with van der Waals surface area (Å²) in [5.74, 6) is -0.735. The van der Waals surface area contributed by atoms with E-state index in [-0.39, 0.29) is 13.2 Å². The lowest BCUT2D eigenvalue weighted by atomic mass is 10.0. The van der Waals surface area contributed by atoms with Crippen molar-refractivity contribution >= 4 is 41.3 Å². The molecule has 0 aromatic heterocycles. The van der Waals surface area contributed by atoms with Gasteiger partial charge in [0.1, 0.15) is 0 Å². The number of halogens is 2. The number of aliphatic imine (C=N–C) groups is 1. The lowest BCUT2D eigenvalue weighted by Crippen LogP contribution is -2.21. The third-order valence-corrected chi connectivity index (χ3v) is 7.14. The molecule has 1 atom stereocenters. The minimum atomic E-state index is -3.45. The van der Waals surface area contributed by atoms with Gasteiger partial charge in [0.25, 0.3) is 0 Å². The van der Waals surface area contributed by atoms with Crippen LogP contribution >= 0.6 is 35.1 Å². The molecule has 4 nitrogen and oxygen atoms in total. The van der Waals surface area contributed by atoms with Gasteiger partial charge in [-0.15, -0.1) is 11.6 Å². The molecule has 0 N–H and O–H groups in total. The van der Waals surface area contributed by atoms with Gasteiger partial charge in [-0.1, -0.05) is 41.9 Å². The van der Waals surface area contributed by atoms with Crippen LogP contribution in [-0.4, -0.2) is 24.3 Å². The number of rotatable bonds is 10. The molecule has 24 heavy (non-hydrogen) atoms. The topological polar surface area (TPSA) is 47.9 Å². The summed E-state index contributed by atoms with van der Waals surface area (Å²) in [5, 5.41) is 0. The Hall–Kier alpha value is -0.190. The predicted octanol–water partition coefficient (Wildman–Crippen LogP) is 6.58. The molecule has 0 aliphatic heterocycles. The van der Waals surface area contributed by atoms with E-state index in [4.69, 9.17) is 20.6 Å². The van der Waals surface area contributed by atoms with Crippen LogP contribution in [0.5, 0.6) is 0 Å². The highest BCUT2D eigenvalue weighted by atomic mass is 79.9. The molecule has 0 saturated carbocycles. The highest BCUT2D eigenvalue weighted by Gasteiger charge is 2.37. The van der Waals surface area contributed by atoms with Gasteiger partial charge >= 0.3 is 7.60 Å². The Morgan fingerprint density at radius 2 is 1.67 bits per heavy atom. The average Bonchev–Trinajstić information content (AvgIpc) is 2.56. The van der Waals surface area contributed by atoms with E-state index < -0.39 is 18.3 Å². The third kappa shape index (κ3) is 5.96. The first kappa shape index (κ1) is 21.9. The van der Waals surface area contributed by atoms with E-state index in [1.807, 2.05) is 38.1 Å². The lowest BCUT2D eigenvalue weighted by Gasteiger charge is -2.25. The van der Waals surface area contributed by atoms with Crippen molar-refractivity contribution in [1.82, 2.24) is 0 Å². The summed E-state index contributed by atoms with van der Waals surface area (Å²) in [4.78, 5) is 4.00. The largest absolute Gasteiger partial charge is 0.359 e. The van der Waals surface area contributed by atoms with Gasteiger partial charge in [0.05, 0.1) is 18.1 Å². The first-order chi connectivity index (χ1) is 11.3. The molecule has 1 aromatic rings. The van der Waals surface area contributed by atoms with E-state index >= 15 is 0 Å². The molecule has 0 fully saturated rings. The predicted molar refractivity (Wildman–Crippen MR) is 105 cm³/mol. The normalized spacial score (nSPS) is 14.2. The second-order valence-electron chi connectivity index (χ2n) is 5.32. The van der Waals surface area contributed by atoms with Crippen LogP contribution in [0, 0.1) is 0 Å². The van der Waals surface area contributed by atoms with E-state index in [1.165, 1.54) is 0 Å². The van der Waals surface area contributed by atoms with Gasteiger partial charge < -0.3 is 9.05 Å². The van der Waals surface area contributed by atoms with Gasteiger partial charge in [-0.25, -0.2) is 0 Å². The van der Waals surface area contributed by atoms with Crippen LogP contribution in [0.15, 0.2) is 33.7 Å². The molecule has 136 valence electrons. The maximum Gasteiger partial charge on any atom is 0.359 e. The number of hydrogen-bond donors (Lipinski definition) is 0. The molecule has 0 radical (unpaired) electrons. The second kappa shape index (κ2) is 10.1. The van der Waals surface area contributed by atoms with Gasteiger partial charge in [0, 0.05) is 10.7 Å². The molecule has 0 spiro atoms. The van der Waals surface area contributed by atoms with Crippen LogP contribution in [0.4, 0.5) is 0 Å². The summed E-state index contributed by atoms with van der Waals surface area (Å²) < 4.78 is 25.2. The van der Waals surface area contributed by atoms with E-state index in [9.17, 15) is 4.57 Å². The fourth-order valence-corrected chi connectivity index (χ4v) is 4.32. The fraction of sp³-hybridized carbons (Fsp3) is 0.588. The van der Waals surface area contributed by atoms with Crippen molar-refractivity contribution in [2.24, 2.45) is 4.99 Å². The van der Waals surface area contributed by atoms with Crippen LogP contribution in [0.3, 0.4) is 0 Å². The monoisotopic (exact) mass is 437 g/mol. The van der Waals surface area contributed by atoms with Gasteiger partial charge in [-0.2, -0.15) is 0 Å². The summed E-state index contributed by atoms with van der Waals surface area (Å²) in [6.07, 6.45) is 3.15. The Balaban J connectivity index is 3.32. The second-order valence-corrected chi connectivity index (χ2v) is 9.07. The van der Waals surface area contributed by atoms with Crippen LogP contribution in [-0.2, 0) is 13.6 Å². The Bertz CT molecular complexity index is 566. The minimum Gasteiger partial charge on any atom is -0.307 e. The molecule has 1 rings (SSSR count). The molecule has 0 aliphatic rings. The SMILES string of the molecule is CCOP(=O)(OCC)C(/N=C/C(Cl)(CC)CC)c1ccc(Br)cc1. The molecular formula is C17H26BrClNO3P. The van der Waals surface area contributed by atoms with E-state index in [1.54, 1.807) is 20.1 Å². The highest BCUT2D eigenvalue weighted by molar-refractivity contribution is 9.10. The van der Waals surface area contributed by atoms with Crippen molar-refractivity contribution in [1.29, 1.82) is 0 Å². The summed E-state index contributed by atoms with van der Waals surface area (Å²) in [6.45, 7) is 8.15. The quantitative estimate of drug-likeness (QED) is 0.235. The van der Waals surface area contributed by atoms with Crippen molar-refractivity contribution in [3.05, 3.63) is 34.3 Å². The van der Waals surface area contributed by atoms with E-state index in [0.717, 1.165) is 22.9 Å². The first-order valence-electron chi connectivity index (χ1n) is 8.21. The summed E-state index contributed by atoms with van der Waals surface area (Å²) in [5.41, 5.74) is 0.769. The van der Waals surface area contributed by atoms with Gasteiger partial charge in [0.15, 0.2) is 5.78 Å². The van der Waals surface area contributed by atoms with Crippen molar-refractivity contribution in [2.45, 2.75) is 51.2 Å². The average molecular weight is 439 g/mol. The Morgan fingerprint density at radius 3 is 2.08 bits per heavy atom. The number of nitrogens with zero attached hydrogens (tertiary/aromatic N) is 1. The zero-order valence-electron chi connectivity index (χ0n) is 14.7. The molecule has 0 bridgehead atoms. The Morgan fingerprint density at radius 1 is 1.17 bits per heavy atom. The van der Waals surface area contributed by atoms with Crippen molar-refractivity contribution in [3.8, 4) is 0 Å². The van der Waals surface area contributed by atoms with Gasteiger partial charge in [-0.3, -0.25) is 9.56 Å². The maximum absolute atomic E-state index is 13.3. The number of alkyl halides is 1. The van der Waals surface area contributed by atoms with E-state index in [2.05, 4.69) is 20.9 Å². The standard InChI is InChI=1S/C17H26BrClNO3P/c1-5-17(19,6-2)13-20-16(14-9-11-15(18)12-10-14)24(21,22-7-3)23-8-4/h9-13,16H,5-8H2,1-4H3/b20-13+. The minimum absolute atomic E-state index is 0.285. The zero-order valence-corrected chi connectivity index (χ0v) is 17.9. The third-order valence-electron chi connectivity index (χ3n) is 3.71. The Labute approximate surface area is 158 Å². The van der Waals surface area contributed by atoms with Crippen molar-refractivity contribution in [2.75, 3.05) is 13.2 Å². The smallest absolute Gasteiger partial charge is 0.307 e. The molecule has 0 aliphatic carbocycles. The Kier molecular flexibility index (Phi) is 9.18. The first-order valence-corrected chi connectivity index (χ1v) is 11.0. The molecule has 0 saturated heterocycles. The van der Waals surface area contributed by atoms with E-state index in [0.29, 0.717) is 0 Å². The molecule has 7 heteroatoms. The van der Waals surface area contributed by atoms with Gasteiger partial charge in [0.2, 0.25) is 0 Å². The van der Waals surface area contributed by atoms with Crippen LogP contribution in [0.25, 0.3) is 0 Å². The molecule has 1 aromatic carbocycles. The fourth-order valence-electron chi connectivity index (χ4n) is 2.16. The zero-order chi connectivity index (χ0) is 18.2. The van der Waals surface area contributed by atoms with Crippen molar-refractivity contribution < 1.29 is 13.6 Å². The van der Waals surface area contributed by atoms with Crippen LogP contribution in [0.2, 0.25) is 0 Å². The number of hydrogen-bond acceptors (Lipinski definition) is 4. The van der Waals surface area contributed by atoms with Gasteiger partial charge in [-0.05, 0) is 44.4 Å². The maximum atomic E-state index is 13.3. The van der Waals surface area contributed by atoms with Crippen molar-refractivity contribution in [3.63, 3.8) is 0 Å². The lowest BCUT2D eigenvalue weighted by molar-refractivity contribution is 0.212. The van der Waals surface area contributed by atoms with Crippen LogP contribution in [0.1, 0.15) is 51.9 Å². The molecule has 1 unspecified atom stereocenters.